The SMILES string of the molecule is C=CC.CCCc1cc(OC=O)ccc1OC(=O)c1ccc(OCCCCOC=O)cc1. The molecule has 0 aliphatic carbocycles. The second-order valence-electron chi connectivity index (χ2n) is 6.58. The van der Waals surface area contributed by atoms with Crippen molar-refractivity contribution in [3.05, 3.63) is 66.2 Å². The molecule has 7 nitrogen and oxygen atoms in total. The maximum Gasteiger partial charge on any atom is 0.343 e. The van der Waals surface area contributed by atoms with Gasteiger partial charge in [0.15, 0.2) is 0 Å². The van der Waals surface area contributed by atoms with Crippen LogP contribution in [0.1, 0.15) is 49.0 Å². The van der Waals surface area contributed by atoms with Crippen LogP contribution in [0.3, 0.4) is 0 Å². The Hall–Kier alpha value is -3.61. The third-order valence-electron chi connectivity index (χ3n) is 4.02. The van der Waals surface area contributed by atoms with E-state index in [0.29, 0.717) is 55.4 Å². The van der Waals surface area contributed by atoms with E-state index in [9.17, 15) is 14.4 Å². The van der Waals surface area contributed by atoms with Crippen molar-refractivity contribution in [2.45, 2.75) is 39.5 Å². The molecule has 2 aromatic carbocycles. The van der Waals surface area contributed by atoms with E-state index in [4.69, 9.17) is 14.2 Å². The van der Waals surface area contributed by atoms with E-state index in [0.717, 1.165) is 24.8 Å². The molecule has 0 aliphatic heterocycles. The monoisotopic (exact) mass is 442 g/mol. The van der Waals surface area contributed by atoms with Gasteiger partial charge in [-0.2, -0.15) is 0 Å². The summed E-state index contributed by atoms with van der Waals surface area (Å²) in [5, 5.41) is 0. The molecular weight excluding hydrogens is 412 g/mol. The fourth-order valence-corrected chi connectivity index (χ4v) is 2.62. The molecule has 0 saturated carbocycles. The van der Waals surface area contributed by atoms with Gasteiger partial charge in [0.1, 0.15) is 17.2 Å². The first-order valence-electron chi connectivity index (χ1n) is 10.4. The third-order valence-corrected chi connectivity index (χ3v) is 4.02. The van der Waals surface area contributed by atoms with Crippen LogP contribution < -0.4 is 14.2 Å². The van der Waals surface area contributed by atoms with E-state index in [1.165, 1.54) is 0 Å². The van der Waals surface area contributed by atoms with Crippen molar-refractivity contribution in [2.75, 3.05) is 13.2 Å². The molecule has 0 radical (unpaired) electrons. The summed E-state index contributed by atoms with van der Waals surface area (Å²) in [4.78, 5) is 33.0. The molecule has 0 saturated heterocycles. The first-order chi connectivity index (χ1) is 15.6. The number of aryl methyl sites for hydroxylation is 1. The van der Waals surface area contributed by atoms with E-state index < -0.39 is 5.97 Å². The molecule has 0 heterocycles. The quantitative estimate of drug-likeness (QED) is 0.143. The average Bonchev–Trinajstić information content (AvgIpc) is 2.79. The van der Waals surface area contributed by atoms with Crippen molar-refractivity contribution in [3.63, 3.8) is 0 Å². The first-order valence-corrected chi connectivity index (χ1v) is 10.4. The Kier molecular flexibility index (Phi) is 13.3. The van der Waals surface area contributed by atoms with Gasteiger partial charge in [0, 0.05) is 0 Å². The fourth-order valence-electron chi connectivity index (χ4n) is 2.62. The number of rotatable bonds is 13. The predicted molar refractivity (Wildman–Crippen MR) is 121 cm³/mol. The van der Waals surface area contributed by atoms with Gasteiger partial charge >= 0.3 is 5.97 Å². The number of esters is 1. The van der Waals surface area contributed by atoms with E-state index in [1.807, 2.05) is 13.8 Å². The Morgan fingerprint density at radius 1 is 0.969 bits per heavy atom. The molecule has 0 amide bonds. The number of allylic oxidation sites excluding steroid dienone is 1. The summed E-state index contributed by atoms with van der Waals surface area (Å²) in [7, 11) is 0. The molecule has 2 aromatic rings. The van der Waals surface area contributed by atoms with Crippen molar-refractivity contribution in [1.82, 2.24) is 0 Å². The summed E-state index contributed by atoms with van der Waals surface area (Å²) in [6, 6.07) is 11.6. The Balaban J connectivity index is 0.00000161. The maximum absolute atomic E-state index is 12.5. The summed E-state index contributed by atoms with van der Waals surface area (Å²) in [6.07, 6.45) is 4.76. The summed E-state index contributed by atoms with van der Waals surface area (Å²) < 4.78 is 20.6. The predicted octanol–water partition coefficient (Wildman–Crippen LogP) is 4.92. The smallest absolute Gasteiger partial charge is 0.343 e. The van der Waals surface area contributed by atoms with Crippen LogP contribution in [0.5, 0.6) is 17.2 Å². The van der Waals surface area contributed by atoms with E-state index in [-0.39, 0.29) is 0 Å². The van der Waals surface area contributed by atoms with Gasteiger partial charge in [-0.05, 0) is 74.2 Å². The number of ether oxygens (including phenoxy) is 4. The molecule has 2 rings (SSSR count). The van der Waals surface area contributed by atoms with E-state index in [2.05, 4.69) is 11.3 Å². The van der Waals surface area contributed by atoms with Crippen molar-refractivity contribution in [3.8, 4) is 17.2 Å². The molecular formula is C25H30O7. The molecule has 0 atom stereocenters. The van der Waals surface area contributed by atoms with Crippen LogP contribution >= 0.6 is 0 Å². The lowest BCUT2D eigenvalue weighted by molar-refractivity contribution is -0.128. The zero-order valence-electron chi connectivity index (χ0n) is 18.6. The Morgan fingerprint density at radius 3 is 2.25 bits per heavy atom. The highest BCUT2D eigenvalue weighted by atomic mass is 16.5. The third kappa shape index (κ3) is 9.93. The molecule has 0 unspecified atom stereocenters. The van der Waals surface area contributed by atoms with E-state index in [1.54, 1.807) is 48.5 Å². The van der Waals surface area contributed by atoms with Gasteiger partial charge in [0.25, 0.3) is 12.9 Å². The summed E-state index contributed by atoms with van der Waals surface area (Å²) >= 11 is 0. The zero-order valence-corrected chi connectivity index (χ0v) is 18.6. The Morgan fingerprint density at radius 2 is 1.62 bits per heavy atom. The fraction of sp³-hybridized carbons (Fsp3) is 0.320. The van der Waals surface area contributed by atoms with E-state index >= 15 is 0 Å². The van der Waals surface area contributed by atoms with Gasteiger partial charge in [0.2, 0.25) is 0 Å². The lowest BCUT2D eigenvalue weighted by Crippen LogP contribution is -2.10. The standard InChI is InChI=1S/C22H24O7.C3H6/c1-2-5-18-14-20(28-16-24)10-11-21(18)29-22(25)17-6-8-19(9-7-17)27-13-4-3-12-26-15-23;1-3-2/h6-11,14-16H,2-5,12-13H2,1H3;3H,1H2,2H3. The van der Waals surface area contributed by atoms with Gasteiger partial charge in [-0.25, -0.2) is 4.79 Å². The number of unbranched alkanes of at least 4 members (excludes halogenated alkanes) is 1. The number of benzene rings is 2. The number of hydrogen-bond donors (Lipinski definition) is 0. The van der Waals surface area contributed by atoms with Crippen LogP contribution in [0.25, 0.3) is 0 Å². The molecule has 0 bridgehead atoms. The summed E-state index contributed by atoms with van der Waals surface area (Å²) in [6.45, 7) is 8.91. The molecule has 172 valence electrons. The molecule has 0 fully saturated rings. The minimum absolute atomic E-state index is 0.360. The van der Waals surface area contributed by atoms with Gasteiger partial charge in [-0.15, -0.1) is 6.58 Å². The topological polar surface area (TPSA) is 88.1 Å². The number of carbonyl (C=O) groups is 3. The zero-order chi connectivity index (χ0) is 23.6. The lowest BCUT2D eigenvalue weighted by atomic mass is 10.1. The van der Waals surface area contributed by atoms with Gasteiger partial charge in [-0.3, -0.25) is 9.59 Å². The van der Waals surface area contributed by atoms with Gasteiger partial charge < -0.3 is 18.9 Å². The molecule has 0 N–H and O–H groups in total. The summed E-state index contributed by atoms with van der Waals surface area (Å²) in [5.74, 6) is 0.999. The van der Waals surface area contributed by atoms with Gasteiger partial charge in [0.05, 0.1) is 18.8 Å². The first kappa shape index (κ1) is 26.4. The average molecular weight is 443 g/mol. The largest absolute Gasteiger partial charge is 0.494 e. The van der Waals surface area contributed by atoms with Crippen LogP contribution in [0.4, 0.5) is 0 Å². The van der Waals surface area contributed by atoms with Crippen molar-refractivity contribution in [1.29, 1.82) is 0 Å². The lowest BCUT2D eigenvalue weighted by Gasteiger charge is -2.11. The summed E-state index contributed by atoms with van der Waals surface area (Å²) in [5.41, 5.74) is 1.19. The maximum atomic E-state index is 12.5. The number of hydrogen-bond acceptors (Lipinski definition) is 7. The minimum atomic E-state index is -0.482. The van der Waals surface area contributed by atoms with Crippen LogP contribution in [0.15, 0.2) is 55.1 Å². The van der Waals surface area contributed by atoms with Crippen molar-refractivity contribution < 1.29 is 33.3 Å². The minimum Gasteiger partial charge on any atom is -0.494 e. The molecule has 7 heteroatoms. The molecule has 0 aliphatic rings. The highest BCUT2D eigenvalue weighted by Crippen LogP contribution is 2.26. The highest BCUT2D eigenvalue weighted by molar-refractivity contribution is 5.91. The molecule has 0 spiro atoms. The highest BCUT2D eigenvalue weighted by Gasteiger charge is 2.13. The van der Waals surface area contributed by atoms with Crippen molar-refractivity contribution >= 4 is 18.9 Å². The Bertz CT molecular complexity index is 844. The molecule has 0 aromatic heterocycles. The van der Waals surface area contributed by atoms with Crippen LogP contribution in [-0.4, -0.2) is 32.1 Å². The second-order valence-corrected chi connectivity index (χ2v) is 6.58. The van der Waals surface area contributed by atoms with Crippen molar-refractivity contribution in [2.24, 2.45) is 0 Å². The van der Waals surface area contributed by atoms with Crippen LogP contribution in [0, 0.1) is 0 Å². The van der Waals surface area contributed by atoms with Crippen LogP contribution in [-0.2, 0) is 20.7 Å². The second kappa shape index (κ2) is 16.1. The number of carbonyl (C=O) groups excluding carboxylic acids is 3. The normalized spacial score (nSPS) is 9.56. The van der Waals surface area contributed by atoms with Crippen LogP contribution in [0.2, 0.25) is 0 Å². The van der Waals surface area contributed by atoms with Gasteiger partial charge in [-0.1, -0.05) is 19.4 Å². The molecule has 32 heavy (non-hydrogen) atoms. The Labute approximate surface area is 188 Å².